The molecule has 0 aliphatic rings. The zero-order valence-corrected chi connectivity index (χ0v) is 9.97. The van der Waals surface area contributed by atoms with Crippen LogP contribution in [0.5, 0.6) is 0 Å². The van der Waals surface area contributed by atoms with Crippen molar-refractivity contribution in [1.29, 1.82) is 0 Å². The van der Waals surface area contributed by atoms with Crippen molar-refractivity contribution in [1.82, 2.24) is 10.3 Å². The van der Waals surface area contributed by atoms with Crippen LogP contribution in [0.2, 0.25) is 5.15 Å². The number of nitro groups is 1. The van der Waals surface area contributed by atoms with Gasteiger partial charge in [0, 0.05) is 6.54 Å². The largest absolute Gasteiger partial charge is 0.385 e. The molecule has 0 radical (unpaired) electrons. The van der Waals surface area contributed by atoms with Crippen molar-refractivity contribution in [2.75, 3.05) is 6.54 Å². The van der Waals surface area contributed by atoms with Crippen LogP contribution in [0.3, 0.4) is 0 Å². The van der Waals surface area contributed by atoms with Crippen molar-refractivity contribution < 1.29 is 23.6 Å². The molecule has 1 aromatic rings. The first-order valence-electron chi connectivity index (χ1n) is 4.87. The summed E-state index contributed by atoms with van der Waals surface area (Å²) in [5.41, 5.74) is -1.04. The van der Waals surface area contributed by atoms with E-state index in [9.17, 15) is 23.7 Å². The highest BCUT2D eigenvalue weighted by Crippen LogP contribution is 2.20. The van der Waals surface area contributed by atoms with E-state index in [1.54, 1.807) is 0 Å². The number of nitrogens with one attached hydrogen (secondary N) is 1. The van der Waals surface area contributed by atoms with Crippen molar-refractivity contribution in [2.24, 2.45) is 0 Å². The molecule has 1 rings (SSSR count). The zero-order chi connectivity index (χ0) is 14.6. The summed E-state index contributed by atoms with van der Waals surface area (Å²) in [6, 6.07) is 0.934. The number of nitrogens with zero attached hydrogens (tertiary/aromatic N) is 2. The lowest BCUT2D eigenvalue weighted by Gasteiger charge is -2.10. The second kappa shape index (κ2) is 6.34. The summed E-state index contributed by atoms with van der Waals surface area (Å²) in [5.74, 6) is -1.00. The molecule has 1 unspecified atom stereocenters. The number of carbonyl (C=O) groups excluding carboxylic acids is 1. The fourth-order valence-electron chi connectivity index (χ4n) is 1.13. The third-order valence-corrected chi connectivity index (χ3v) is 2.26. The van der Waals surface area contributed by atoms with Crippen LogP contribution in [-0.4, -0.2) is 40.0 Å². The number of hydrogen-bond acceptors (Lipinski definition) is 5. The molecule has 0 aliphatic carbocycles. The lowest BCUT2D eigenvalue weighted by atomic mass is 10.2. The summed E-state index contributed by atoms with van der Waals surface area (Å²) in [7, 11) is 0. The first-order valence-corrected chi connectivity index (χ1v) is 5.25. The molecule has 0 saturated carbocycles. The van der Waals surface area contributed by atoms with Gasteiger partial charge >= 0.3 is 0 Å². The average molecular weight is 296 g/mol. The number of aromatic nitrogens is 1. The number of pyridine rings is 1. The maximum atomic E-state index is 12.0. The van der Waals surface area contributed by atoms with Gasteiger partial charge in [-0.25, -0.2) is 13.8 Å². The topological polar surface area (TPSA) is 105 Å². The molecule has 1 aromatic heterocycles. The summed E-state index contributed by atoms with van der Waals surface area (Å²) >= 11 is 5.50. The molecule has 0 aliphatic heterocycles. The number of halogens is 3. The molecule has 7 nitrogen and oxygen atoms in total. The molecule has 10 heteroatoms. The fraction of sp³-hybridized carbons (Fsp3) is 0.333. The van der Waals surface area contributed by atoms with Crippen LogP contribution < -0.4 is 5.32 Å². The van der Waals surface area contributed by atoms with Crippen LogP contribution in [0, 0.1) is 10.1 Å². The van der Waals surface area contributed by atoms with Gasteiger partial charge in [0.15, 0.2) is 0 Å². The predicted molar refractivity (Wildman–Crippen MR) is 60.2 cm³/mol. The van der Waals surface area contributed by atoms with Crippen LogP contribution >= 0.6 is 11.6 Å². The van der Waals surface area contributed by atoms with E-state index in [2.05, 4.69) is 4.98 Å². The summed E-state index contributed by atoms with van der Waals surface area (Å²) < 4.78 is 24.0. The van der Waals surface area contributed by atoms with E-state index in [-0.39, 0.29) is 5.15 Å². The van der Waals surface area contributed by atoms with E-state index < -0.39 is 41.2 Å². The SMILES string of the molecule is O=C(NCC(O)C(F)F)c1cc(Cl)ncc1[N+](=O)[O-]. The van der Waals surface area contributed by atoms with E-state index in [1.807, 2.05) is 5.32 Å². The quantitative estimate of drug-likeness (QED) is 0.479. The van der Waals surface area contributed by atoms with Gasteiger partial charge in [-0.2, -0.15) is 0 Å². The Labute approximate surface area is 110 Å². The third kappa shape index (κ3) is 4.07. The second-order valence-corrected chi connectivity index (χ2v) is 3.78. The standard InChI is InChI=1S/C9H8ClF2N3O4/c10-7-1-4(5(2-13-7)15(18)19)9(17)14-3-6(16)8(11)12/h1-2,6,8,16H,3H2,(H,14,17). The Morgan fingerprint density at radius 3 is 2.79 bits per heavy atom. The van der Waals surface area contributed by atoms with Crippen molar-refractivity contribution in [2.45, 2.75) is 12.5 Å². The summed E-state index contributed by atoms with van der Waals surface area (Å²) in [6.45, 7) is -0.742. The van der Waals surface area contributed by atoms with E-state index in [4.69, 9.17) is 16.7 Å². The Morgan fingerprint density at radius 2 is 2.26 bits per heavy atom. The van der Waals surface area contributed by atoms with Gasteiger partial charge in [0.1, 0.15) is 23.0 Å². The highest BCUT2D eigenvalue weighted by Gasteiger charge is 2.23. The number of alkyl halides is 2. The van der Waals surface area contributed by atoms with Crippen LogP contribution in [0.4, 0.5) is 14.5 Å². The predicted octanol–water partition coefficient (Wildman–Crippen LogP) is 0.999. The molecule has 1 amide bonds. The van der Waals surface area contributed by atoms with Gasteiger partial charge in [-0.15, -0.1) is 0 Å². The summed E-state index contributed by atoms with van der Waals surface area (Å²) in [6.07, 6.45) is -4.31. The van der Waals surface area contributed by atoms with Crippen LogP contribution in [0.25, 0.3) is 0 Å². The Bertz CT molecular complexity index is 500. The number of aliphatic hydroxyl groups is 1. The molecule has 0 bridgehead atoms. The number of hydrogen-bond donors (Lipinski definition) is 2. The van der Waals surface area contributed by atoms with Crippen molar-refractivity contribution >= 4 is 23.2 Å². The maximum Gasteiger partial charge on any atom is 0.300 e. The van der Waals surface area contributed by atoms with Gasteiger partial charge in [-0.3, -0.25) is 14.9 Å². The fourth-order valence-corrected chi connectivity index (χ4v) is 1.29. The van der Waals surface area contributed by atoms with E-state index >= 15 is 0 Å². The third-order valence-electron chi connectivity index (χ3n) is 2.05. The first kappa shape index (κ1) is 15.2. The van der Waals surface area contributed by atoms with Crippen molar-refractivity contribution in [3.05, 3.63) is 33.1 Å². The first-order chi connectivity index (χ1) is 8.82. The van der Waals surface area contributed by atoms with Gasteiger partial charge in [0.2, 0.25) is 0 Å². The van der Waals surface area contributed by atoms with Gasteiger partial charge < -0.3 is 10.4 Å². The van der Waals surface area contributed by atoms with Gasteiger partial charge in [0.25, 0.3) is 18.0 Å². The number of aliphatic hydroxyl groups excluding tert-OH is 1. The molecule has 1 heterocycles. The van der Waals surface area contributed by atoms with Crippen molar-refractivity contribution in [3.63, 3.8) is 0 Å². The monoisotopic (exact) mass is 295 g/mol. The number of amides is 1. The van der Waals surface area contributed by atoms with E-state index in [1.165, 1.54) is 0 Å². The molecule has 2 N–H and O–H groups in total. The smallest absolute Gasteiger partial charge is 0.300 e. The average Bonchev–Trinajstić information content (AvgIpc) is 2.34. The van der Waals surface area contributed by atoms with E-state index in [0.29, 0.717) is 0 Å². The van der Waals surface area contributed by atoms with Crippen LogP contribution in [0.15, 0.2) is 12.3 Å². The summed E-state index contributed by atoms with van der Waals surface area (Å²) in [4.78, 5) is 24.8. The van der Waals surface area contributed by atoms with Gasteiger partial charge in [-0.05, 0) is 6.07 Å². The lowest BCUT2D eigenvalue weighted by molar-refractivity contribution is -0.385. The van der Waals surface area contributed by atoms with Gasteiger partial charge in [0.05, 0.1) is 4.92 Å². The molecule has 0 aromatic carbocycles. The minimum atomic E-state index is -3.03. The molecular formula is C9H8ClF2N3O4. The Kier molecular flexibility index (Phi) is 5.07. The van der Waals surface area contributed by atoms with Crippen LogP contribution in [-0.2, 0) is 0 Å². The zero-order valence-electron chi connectivity index (χ0n) is 9.22. The summed E-state index contributed by atoms with van der Waals surface area (Å²) in [5, 5.41) is 21.3. The molecular weight excluding hydrogens is 288 g/mol. The maximum absolute atomic E-state index is 12.0. The normalized spacial score (nSPS) is 12.3. The Balaban J connectivity index is 2.87. The molecule has 0 spiro atoms. The van der Waals surface area contributed by atoms with Crippen molar-refractivity contribution in [3.8, 4) is 0 Å². The van der Waals surface area contributed by atoms with Gasteiger partial charge in [-0.1, -0.05) is 11.6 Å². The highest BCUT2D eigenvalue weighted by molar-refractivity contribution is 6.29. The Hall–Kier alpha value is -1.87. The van der Waals surface area contributed by atoms with E-state index in [0.717, 1.165) is 12.3 Å². The molecule has 0 fully saturated rings. The Morgan fingerprint density at radius 1 is 1.63 bits per heavy atom. The number of carbonyl (C=O) groups is 1. The van der Waals surface area contributed by atoms with Crippen LogP contribution in [0.1, 0.15) is 10.4 Å². The molecule has 1 atom stereocenters. The minimum Gasteiger partial charge on any atom is -0.385 e. The number of rotatable bonds is 5. The molecule has 19 heavy (non-hydrogen) atoms. The molecule has 0 saturated heterocycles. The molecule has 104 valence electrons. The highest BCUT2D eigenvalue weighted by atomic mass is 35.5. The lowest BCUT2D eigenvalue weighted by Crippen LogP contribution is -2.36. The minimum absolute atomic E-state index is 0.162. The second-order valence-electron chi connectivity index (χ2n) is 3.39.